The molecule has 0 aliphatic heterocycles. The van der Waals surface area contributed by atoms with E-state index in [0.29, 0.717) is 5.02 Å². The van der Waals surface area contributed by atoms with Crippen LogP contribution in [0.2, 0.25) is 5.02 Å². The fourth-order valence-corrected chi connectivity index (χ4v) is 3.00. The second kappa shape index (κ2) is 6.80. The minimum absolute atomic E-state index is 0.0587. The molecule has 2 aromatic carbocycles. The third-order valence-corrected chi connectivity index (χ3v) is 4.24. The molecule has 3 rings (SSSR count). The number of aryl methyl sites for hydroxylation is 1. The summed E-state index contributed by atoms with van der Waals surface area (Å²) in [5, 5.41) is 3.80. The Bertz CT molecular complexity index is 691. The second-order valence-electron chi connectivity index (χ2n) is 5.54. The molecule has 1 aliphatic rings. The Hall–Kier alpha value is -2.06. The van der Waals surface area contributed by atoms with E-state index in [1.165, 1.54) is 11.1 Å². The zero-order chi connectivity index (χ0) is 15.4. The van der Waals surface area contributed by atoms with Gasteiger partial charge in [0.25, 0.3) is 0 Å². The van der Waals surface area contributed by atoms with Crippen LogP contribution in [-0.2, 0) is 11.2 Å². The molecule has 0 radical (unpaired) electrons. The van der Waals surface area contributed by atoms with Gasteiger partial charge in [0.15, 0.2) is 0 Å². The highest BCUT2D eigenvalue weighted by Gasteiger charge is 2.20. The quantitative estimate of drug-likeness (QED) is 0.828. The Kier molecular flexibility index (Phi) is 4.59. The number of nitrogens with one attached hydrogen (secondary N) is 1. The fourth-order valence-electron chi connectivity index (χ4n) is 2.87. The summed E-state index contributed by atoms with van der Waals surface area (Å²) in [6, 6.07) is 15.9. The molecule has 0 unspecified atom stereocenters. The summed E-state index contributed by atoms with van der Waals surface area (Å²) in [7, 11) is 0. The predicted octanol–water partition coefficient (Wildman–Crippen LogP) is 4.55. The molecular formula is C19H18ClNO. The summed E-state index contributed by atoms with van der Waals surface area (Å²) in [6.07, 6.45) is 6.60. The van der Waals surface area contributed by atoms with Gasteiger partial charge in [0.2, 0.25) is 5.91 Å². The number of amides is 1. The van der Waals surface area contributed by atoms with Crippen LogP contribution < -0.4 is 5.32 Å². The van der Waals surface area contributed by atoms with Crippen molar-refractivity contribution < 1.29 is 4.79 Å². The summed E-state index contributed by atoms with van der Waals surface area (Å²) in [5.41, 5.74) is 3.56. The largest absolute Gasteiger partial charge is 0.346 e. The summed E-state index contributed by atoms with van der Waals surface area (Å²) < 4.78 is 0. The van der Waals surface area contributed by atoms with Crippen molar-refractivity contribution in [1.29, 1.82) is 0 Å². The summed E-state index contributed by atoms with van der Waals surface area (Å²) >= 11 is 5.85. The number of carbonyl (C=O) groups excluding carboxylic acids is 1. The number of benzene rings is 2. The van der Waals surface area contributed by atoms with Gasteiger partial charge in [-0.15, -0.1) is 0 Å². The molecular weight excluding hydrogens is 294 g/mol. The molecule has 0 fully saturated rings. The van der Waals surface area contributed by atoms with E-state index in [1.54, 1.807) is 12.2 Å². The molecule has 0 spiro atoms. The molecule has 1 atom stereocenters. The summed E-state index contributed by atoms with van der Waals surface area (Å²) in [5.74, 6) is -0.0587. The van der Waals surface area contributed by atoms with Crippen molar-refractivity contribution in [2.24, 2.45) is 0 Å². The third kappa shape index (κ3) is 3.58. The lowest BCUT2D eigenvalue weighted by atomic mass is 9.88. The lowest BCUT2D eigenvalue weighted by Crippen LogP contribution is -2.29. The van der Waals surface area contributed by atoms with Crippen molar-refractivity contribution in [3.63, 3.8) is 0 Å². The first-order valence-corrected chi connectivity index (χ1v) is 7.92. The van der Waals surface area contributed by atoms with Crippen molar-refractivity contribution >= 4 is 23.6 Å². The lowest BCUT2D eigenvalue weighted by molar-refractivity contribution is -0.117. The summed E-state index contributed by atoms with van der Waals surface area (Å²) in [6.45, 7) is 0. The maximum absolute atomic E-state index is 12.1. The molecule has 112 valence electrons. The van der Waals surface area contributed by atoms with Crippen LogP contribution in [0, 0.1) is 0 Å². The van der Waals surface area contributed by atoms with Crippen molar-refractivity contribution in [1.82, 2.24) is 5.32 Å². The van der Waals surface area contributed by atoms with Crippen LogP contribution in [0.15, 0.2) is 54.6 Å². The van der Waals surface area contributed by atoms with Gasteiger partial charge in [0.05, 0.1) is 6.04 Å². The normalized spacial score (nSPS) is 17.2. The molecule has 0 aromatic heterocycles. The molecule has 0 heterocycles. The van der Waals surface area contributed by atoms with Crippen LogP contribution in [0.5, 0.6) is 0 Å². The van der Waals surface area contributed by atoms with E-state index in [9.17, 15) is 4.79 Å². The Labute approximate surface area is 135 Å². The van der Waals surface area contributed by atoms with Crippen molar-refractivity contribution in [2.45, 2.75) is 25.3 Å². The van der Waals surface area contributed by atoms with E-state index in [2.05, 4.69) is 23.5 Å². The average molecular weight is 312 g/mol. The predicted molar refractivity (Wildman–Crippen MR) is 90.7 cm³/mol. The highest BCUT2D eigenvalue weighted by atomic mass is 35.5. The Morgan fingerprint density at radius 2 is 1.91 bits per heavy atom. The monoisotopic (exact) mass is 311 g/mol. The molecule has 1 amide bonds. The smallest absolute Gasteiger partial charge is 0.244 e. The van der Waals surface area contributed by atoms with Crippen LogP contribution in [0.3, 0.4) is 0 Å². The first-order chi connectivity index (χ1) is 10.7. The maximum Gasteiger partial charge on any atom is 0.244 e. The number of hydrogen-bond acceptors (Lipinski definition) is 1. The highest BCUT2D eigenvalue weighted by Crippen LogP contribution is 2.29. The standard InChI is InChI=1S/C19H18ClNO/c20-16-11-8-14(9-12-16)10-13-19(22)21-18-7-3-5-15-4-1-2-6-17(15)18/h1-2,4,6,8-13,18H,3,5,7H2,(H,21,22)/b13-10+/t18-/m0/s1. The Morgan fingerprint density at radius 3 is 2.73 bits per heavy atom. The minimum Gasteiger partial charge on any atom is -0.346 e. The minimum atomic E-state index is -0.0587. The number of rotatable bonds is 3. The fraction of sp³-hybridized carbons (Fsp3) is 0.211. The molecule has 2 nitrogen and oxygen atoms in total. The van der Waals surface area contributed by atoms with Gasteiger partial charge in [-0.2, -0.15) is 0 Å². The van der Waals surface area contributed by atoms with Crippen LogP contribution in [-0.4, -0.2) is 5.91 Å². The van der Waals surface area contributed by atoms with E-state index in [1.807, 2.05) is 30.3 Å². The van der Waals surface area contributed by atoms with Crippen LogP contribution >= 0.6 is 11.6 Å². The first kappa shape index (κ1) is 14.9. The van der Waals surface area contributed by atoms with Gasteiger partial charge in [-0.05, 0) is 54.2 Å². The number of carbonyl (C=O) groups is 1. The van der Waals surface area contributed by atoms with Gasteiger partial charge in [-0.1, -0.05) is 48.0 Å². The van der Waals surface area contributed by atoms with Gasteiger partial charge in [0.1, 0.15) is 0 Å². The van der Waals surface area contributed by atoms with Crippen molar-refractivity contribution in [3.05, 3.63) is 76.3 Å². The molecule has 22 heavy (non-hydrogen) atoms. The Balaban J connectivity index is 1.66. The molecule has 1 N–H and O–H groups in total. The SMILES string of the molecule is O=C(/C=C/c1ccc(Cl)cc1)N[C@H]1CCCc2ccccc21. The lowest BCUT2D eigenvalue weighted by Gasteiger charge is -2.25. The van der Waals surface area contributed by atoms with E-state index < -0.39 is 0 Å². The van der Waals surface area contributed by atoms with E-state index >= 15 is 0 Å². The number of hydrogen-bond donors (Lipinski definition) is 1. The van der Waals surface area contributed by atoms with Crippen LogP contribution in [0.4, 0.5) is 0 Å². The maximum atomic E-state index is 12.1. The molecule has 1 aliphatic carbocycles. The van der Waals surface area contributed by atoms with E-state index in [0.717, 1.165) is 24.8 Å². The number of halogens is 1. The van der Waals surface area contributed by atoms with Gasteiger partial charge in [0, 0.05) is 11.1 Å². The molecule has 0 saturated carbocycles. The third-order valence-electron chi connectivity index (χ3n) is 3.98. The summed E-state index contributed by atoms with van der Waals surface area (Å²) in [4.78, 5) is 12.1. The van der Waals surface area contributed by atoms with Gasteiger partial charge >= 0.3 is 0 Å². The van der Waals surface area contributed by atoms with Crippen molar-refractivity contribution in [2.75, 3.05) is 0 Å². The molecule has 0 saturated heterocycles. The zero-order valence-electron chi connectivity index (χ0n) is 12.3. The van der Waals surface area contributed by atoms with Crippen LogP contribution in [0.1, 0.15) is 35.6 Å². The average Bonchev–Trinajstić information content (AvgIpc) is 2.55. The topological polar surface area (TPSA) is 29.1 Å². The van der Waals surface area contributed by atoms with Crippen LogP contribution in [0.25, 0.3) is 6.08 Å². The first-order valence-electron chi connectivity index (χ1n) is 7.54. The van der Waals surface area contributed by atoms with Gasteiger partial charge in [-0.25, -0.2) is 0 Å². The van der Waals surface area contributed by atoms with Gasteiger partial charge in [-0.3, -0.25) is 4.79 Å². The molecule has 3 heteroatoms. The number of fused-ring (bicyclic) bond motifs is 1. The molecule has 2 aromatic rings. The second-order valence-corrected chi connectivity index (χ2v) is 5.97. The van der Waals surface area contributed by atoms with Crippen molar-refractivity contribution in [3.8, 4) is 0 Å². The zero-order valence-corrected chi connectivity index (χ0v) is 13.0. The molecule has 0 bridgehead atoms. The highest BCUT2D eigenvalue weighted by molar-refractivity contribution is 6.30. The Morgan fingerprint density at radius 1 is 1.14 bits per heavy atom. The van der Waals surface area contributed by atoms with Gasteiger partial charge < -0.3 is 5.32 Å². The van der Waals surface area contributed by atoms with E-state index in [-0.39, 0.29) is 11.9 Å². The van der Waals surface area contributed by atoms with E-state index in [4.69, 9.17) is 11.6 Å².